The molecule has 74 valence electrons. The molecule has 0 bridgehead atoms. The second-order valence-electron chi connectivity index (χ2n) is 4.13. The van der Waals surface area contributed by atoms with E-state index in [9.17, 15) is 0 Å². The molecule has 0 radical (unpaired) electrons. The Hall–Kier alpha value is -1.16. The van der Waals surface area contributed by atoms with Gasteiger partial charge in [0.2, 0.25) is 0 Å². The molecule has 0 spiro atoms. The van der Waals surface area contributed by atoms with Crippen molar-refractivity contribution in [2.75, 3.05) is 0 Å². The molecule has 2 aromatic rings. The maximum Gasteiger partial charge on any atom is 0.262 e. The molecule has 2 rings (SSSR count). The van der Waals surface area contributed by atoms with Crippen molar-refractivity contribution in [3.63, 3.8) is 0 Å². The van der Waals surface area contributed by atoms with Gasteiger partial charge < -0.3 is 4.52 Å². The maximum absolute atomic E-state index is 5.96. The molecule has 2 aromatic heterocycles. The highest BCUT2D eigenvalue weighted by molar-refractivity contribution is 6.34. The van der Waals surface area contributed by atoms with E-state index in [0.717, 1.165) is 5.69 Å². The predicted molar refractivity (Wildman–Crippen MR) is 53.3 cm³/mol. The van der Waals surface area contributed by atoms with Crippen LogP contribution in [0.2, 0.25) is 5.15 Å². The molecule has 0 atom stereocenters. The van der Waals surface area contributed by atoms with Crippen molar-refractivity contribution in [3.05, 3.63) is 17.2 Å². The number of hydrogen-bond acceptors (Lipinski definition) is 4. The van der Waals surface area contributed by atoms with Gasteiger partial charge in [0, 0.05) is 5.41 Å². The van der Waals surface area contributed by atoms with Crippen LogP contribution in [0, 0.1) is 0 Å². The topological polar surface area (TPSA) is 51.8 Å². The van der Waals surface area contributed by atoms with Crippen molar-refractivity contribution in [1.82, 2.24) is 15.1 Å². The first-order chi connectivity index (χ1) is 6.50. The fourth-order valence-electron chi connectivity index (χ4n) is 1.26. The zero-order chi connectivity index (χ0) is 10.3. The lowest BCUT2D eigenvalue weighted by molar-refractivity contribution is 0.414. The van der Waals surface area contributed by atoms with E-state index in [0.29, 0.717) is 16.3 Å². The minimum atomic E-state index is -0.125. The lowest BCUT2D eigenvalue weighted by Gasteiger charge is -2.14. The van der Waals surface area contributed by atoms with E-state index < -0.39 is 0 Å². The molecule has 0 saturated carbocycles. The molecule has 0 aliphatic rings. The van der Waals surface area contributed by atoms with Gasteiger partial charge in [-0.25, -0.2) is 4.98 Å². The highest BCUT2D eigenvalue weighted by Crippen LogP contribution is 2.31. The van der Waals surface area contributed by atoms with Gasteiger partial charge in [-0.1, -0.05) is 37.5 Å². The third kappa shape index (κ3) is 1.35. The molecule has 0 fully saturated rings. The summed E-state index contributed by atoms with van der Waals surface area (Å²) in [5, 5.41) is 5.07. The van der Waals surface area contributed by atoms with Crippen LogP contribution in [-0.4, -0.2) is 15.1 Å². The second-order valence-corrected chi connectivity index (χ2v) is 4.48. The number of rotatable bonds is 0. The van der Waals surface area contributed by atoms with E-state index in [1.54, 1.807) is 0 Å². The van der Waals surface area contributed by atoms with Crippen molar-refractivity contribution < 1.29 is 4.52 Å². The minimum absolute atomic E-state index is 0.125. The van der Waals surface area contributed by atoms with E-state index in [-0.39, 0.29) is 5.41 Å². The van der Waals surface area contributed by atoms with Crippen LogP contribution < -0.4 is 0 Å². The van der Waals surface area contributed by atoms with Crippen LogP contribution in [0.25, 0.3) is 11.1 Å². The molecule has 0 aliphatic carbocycles. The van der Waals surface area contributed by atoms with Crippen LogP contribution >= 0.6 is 11.6 Å². The van der Waals surface area contributed by atoms with E-state index in [1.165, 1.54) is 6.33 Å². The summed E-state index contributed by atoms with van der Waals surface area (Å²) in [6.07, 6.45) is 1.36. The van der Waals surface area contributed by atoms with Crippen molar-refractivity contribution in [2.45, 2.75) is 26.2 Å². The minimum Gasteiger partial charge on any atom is -0.335 e. The highest BCUT2D eigenvalue weighted by Gasteiger charge is 2.24. The van der Waals surface area contributed by atoms with E-state index >= 15 is 0 Å². The molecule has 0 N–H and O–H groups in total. The van der Waals surface area contributed by atoms with Crippen molar-refractivity contribution in [2.24, 2.45) is 0 Å². The van der Waals surface area contributed by atoms with E-state index in [4.69, 9.17) is 16.1 Å². The third-order valence-electron chi connectivity index (χ3n) is 1.94. The molecule has 5 heteroatoms. The van der Waals surface area contributed by atoms with Gasteiger partial charge in [-0.15, -0.1) is 0 Å². The van der Waals surface area contributed by atoms with Crippen LogP contribution in [0.5, 0.6) is 0 Å². The lowest BCUT2D eigenvalue weighted by atomic mass is 9.91. The summed E-state index contributed by atoms with van der Waals surface area (Å²) in [4.78, 5) is 7.86. The monoisotopic (exact) mass is 211 g/mol. The zero-order valence-electron chi connectivity index (χ0n) is 8.21. The normalized spacial score (nSPS) is 12.3. The second kappa shape index (κ2) is 2.92. The first-order valence-corrected chi connectivity index (χ1v) is 4.64. The first-order valence-electron chi connectivity index (χ1n) is 4.26. The largest absolute Gasteiger partial charge is 0.335 e. The smallest absolute Gasteiger partial charge is 0.262 e. The fourth-order valence-corrected chi connectivity index (χ4v) is 1.48. The molecule has 0 saturated heterocycles. The third-order valence-corrected chi connectivity index (χ3v) is 2.22. The van der Waals surface area contributed by atoms with Crippen molar-refractivity contribution in [1.29, 1.82) is 0 Å². The number of nitrogens with zero attached hydrogens (tertiary/aromatic N) is 3. The molecule has 14 heavy (non-hydrogen) atoms. The molecule has 2 heterocycles. The Bertz CT molecular complexity index is 472. The van der Waals surface area contributed by atoms with Gasteiger partial charge in [0.15, 0.2) is 0 Å². The quantitative estimate of drug-likeness (QED) is 0.629. The zero-order valence-corrected chi connectivity index (χ0v) is 8.96. The Balaban J connectivity index is 2.80. The summed E-state index contributed by atoms with van der Waals surface area (Å²) in [6.45, 7) is 6.11. The number of halogens is 1. The summed E-state index contributed by atoms with van der Waals surface area (Å²) < 4.78 is 5.07. The van der Waals surface area contributed by atoms with Crippen LogP contribution in [0.4, 0.5) is 0 Å². The summed E-state index contributed by atoms with van der Waals surface area (Å²) in [6, 6.07) is 0. The molecule has 0 amide bonds. The average molecular weight is 212 g/mol. The molecule has 0 unspecified atom stereocenters. The molecule has 0 aromatic carbocycles. The van der Waals surface area contributed by atoms with Crippen molar-refractivity contribution in [3.8, 4) is 0 Å². The van der Waals surface area contributed by atoms with Crippen molar-refractivity contribution >= 4 is 22.7 Å². The number of aromatic nitrogens is 3. The SMILES string of the molecule is CC(C)(C)c1noc2ncnc(Cl)c12. The Morgan fingerprint density at radius 1 is 1.29 bits per heavy atom. The van der Waals surface area contributed by atoms with E-state index in [2.05, 4.69) is 15.1 Å². The van der Waals surface area contributed by atoms with Crippen LogP contribution in [0.15, 0.2) is 10.9 Å². The number of hydrogen-bond donors (Lipinski definition) is 0. The average Bonchev–Trinajstić information content (AvgIpc) is 2.47. The van der Waals surface area contributed by atoms with Crippen LogP contribution in [0.1, 0.15) is 26.5 Å². The summed E-state index contributed by atoms with van der Waals surface area (Å²) in [5.74, 6) is 0. The Morgan fingerprint density at radius 3 is 2.64 bits per heavy atom. The summed E-state index contributed by atoms with van der Waals surface area (Å²) >= 11 is 5.96. The standard InChI is InChI=1S/C9H10ClN3O/c1-9(2,3)6-5-7(10)11-4-12-8(5)14-13-6/h4H,1-3H3. The van der Waals surface area contributed by atoms with E-state index in [1.807, 2.05) is 20.8 Å². The number of fused-ring (bicyclic) bond motifs is 1. The van der Waals surface area contributed by atoms with Gasteiger partial charge in [0.1, 0.15) is 22.6 Å². The van der Waals surface area contributed by atoms with Crippen LogP contribution in [-0.2, 0) is 5.41 Å². The van der Waals surface area contributed by atoms with Gasteiger partial charge in [-0.2, -0.15) is 4.98 Å². The predicted octanol–water partition coefficient (Wildman–Crippen LogP) is 2.57. The first kappa shape index (κ1) is 9.40. The Kier molecular flexibility index (Phi) is 1.96. The fraction of sp³-hybridized carbons (Fsp3) is 0.444. The Labute approximate surface area is 86.3 Å². The molecule has 0 aliphatic heterocycles. The Morgan fingerprint density at radius 2 is 2.00 bits per heavy atom. The van der Waals surface area contributed by atoms with Crippen LogP contribution in [0.3, 0.4) is 0 Å². The molecular formula is C9H10ClN3O. The summed E-state index contributed by atoms with van der Waals surface area (Å²) in [5.41, 5.74) is 1.10. The summed E-state index contributed by atoms with van der Waals surface area (Å²) in [7, 11) is 0. The highest BCUT2D eigenvalue weighted by atomic mass is 35.5. The lowest BCUT2D eigenvalue weighted by Crippen LogP contribution is -2.12. The molecular weight excluding hydrogens is 202 g/mol. The van der Waals surface area contributed by atoms with Gasteiger partial charge in [0.05, 0.1) is 0 Å². The molecule has 4 nitrogen and oxygen atoms in total. The van der Waals surface area contributed by atoms with Gasteiger partial charge in [-0.05, 0) is 0 Å². The van der Waals surface area contributed by atoms with Gasteiger partial charge in [0.25, 0.3) is 5.71 Å². The van der Waals surface area contributed by atoms with Gasteiger partial charge >= 0.3 is 0 Å². The van der Waals surface area contributed by atoms with Gasteiger partial charge in [-0.3, -0.25) is 0 Å². The maximum atomic E-state index is 5.96.